The molecule has 5 heteroatoms. The SMILES string of the molecule is C/C=N/C(NN)c1cc(F)cc(F)c1. The first-order chi connectivity index (χ1) is 6.67. The highest BCUT2D eigenvalue weighted by Crippen LogP contribution is 2.16. The van der Waals surface area contributed by atoms with Gasteiger partial charge in [-0.1, -0.05) is 0 Å². The topological polar surface area (TPSA) is 50.4 Å². The monoisotopic (exact) mass is 199 g/mol. The third-order valence-corrected chi connectivity index (χ3v) is 1.66. The molecule has 1 unspecified atom stereocenters. The molecule has 0 fully saturated rings. The summed E-state index contributed by atoms with van der Waals surface area (Å²) in [6, 6.07) is 3.16. The number of nitrogens with two attached hydrogens (primary N) is 1. The van der Waals surface area contributed by atoms with Crippen molar-refractivity contribution < 1.29 is 8.78 Å². The van der Waals surface area contributed by atoms with Crippen LogP contribution in [0, 0.1) is 11.6 Å². The van der Waals surface area contributed by atoms with Gasteiger partial charge in [0.1, 0.15) is 17.8 Å². The van der Waals surface area contributed by atoms with Crippen LogP contribution in [0.2, 0.25) is 0 Å². The van der Waals surface area contributed by atoms with Gasteiger partial charge in [0.25, 0.3) is 0 Å². The number of hydrazine groups is 1. The minimum Gasteiger partial charge on any atom is -0.273 e. The van der Waals surface area contributed by atoms with E-state index < -0.39 is 17.8 Å². The zero-order valence-electron chi connectivity index (χ0n) is 7.67. The van der Waals surface area contributed by atoms with Crippen molar-refractivity contribution in [1.29, 1.82) is 0 Å². The van der Waals surface area contributed by atoms with Gasteiger partial charge < -0.3 is 0 Å². The molecule has 1 rings (SSSR count). The maximum Gasteiger partial charge on any atom is 0.137 e. The van der Waals surface area contributed by atoms with E-state index in [4.69, 9.17) is 5.84 Å². The van der Waals surface area contributed by atoms with Gasteiger partial charge in [-0.25, -0.2) is 14.2 Å². The molecule has 0 radical (unpaired) electrons. The molecule has 3 N–H and O–H groups in total. The van der Waals surface area contributed by atoms with Crippen LogP contribution in [0.1, 0.15) is 18.7 Å². The second-order valence-electron chi connectivity index (χ2n) is 2.68. The third kappa shape index (κ3) is 2.58. The van der Waals surface area contributed by atoms with Gasteiger partial charge in [0, 0.05) is 6.07 Å². The molecule has 3 nitrogen and oxygen atoms in total. The van der Waals surface area contributed by atoms with Gasteiger partial charge in [0.2, 0.25) is 0 Å². The largest absolute Gasteiger partial charge is 0.273 e. The number of nitrogens with zero attached hydrogens (tertiary/aromatic N) is 1. The lowest BCUT2D eigenvalue weighted by Gasteiger charge is -2.11. The summed E-state index contributed by atoms with van der Waals surface area (Å²) in [5.41, 5.74) is 2.69. The average molecular weight is 199 g/mol. The van der Waals surface area contributed by atoms with Crippen molar-refractivity contribution in [2.75, 3.05) is 0 Å². The molecule has 0 heterocycles. The van der Waals surface area contributed by atoms with Crippen LogP contribution in [0.15, 0.2) is 23.2 Å². The number of rotatable bonds is 3. The highest BCUT2D eigenvalue weighted by Gasteiger charge is 2.09. The Hall–Kier alpha value is -1.33. The summed E-state index contributed by atoms with van der Waals surface area (Å²) in [6.07, 6.45) is 0.887. The lowest BCUT2D eigenvalue weighted by molar-refractivity contribution is 0.547. The van der Waals surface area contributed by atoms with Crippen LogP contribution in [0.25, 0.3) is 0 Å². The van der Waals surface area contributed by atoms with Crippen LogP contribution in [0.4, 0.5) is 8.78 Å². The molecule has 1 aromatic carbocycles. The van der Waals surface area contributed by atoms with Crippen LogP contribution in [-0.2, 0) is 0 Å². The fourth-order valence-electron chi connectivity index (χ4n) is 1.11. The Bertz CT molecular complexity index is 319. The minimum atomic E-state index is -0.647. The number of benzene rings is 1. The van der Waals surface area contributed by atoms with Gasteiger partial charge in [0.05, 0.1) is 0 Å². The number of hydrogen-bond donors (Lipinski definition) is 2. The molecule has 0 saturated heterocycles. The number of halogens is 2. The number of nitrogens with one attached hydrogen (secondary N) is 1. The van der Waals surface area contributed by atoms with E-state index >= 15 is 0 Å². The quantitative estimate of drug-likeness (QED) is 0.440. The fourth-order valence-corrected chi connectivity index (χ4v) is 1.11. The Kier molecular flexibility index (Phi) is 3.67. The Morgan fingerprint density at radius 1 is 1.36 bits per heavy atom. The lowest BCUT2D eigenvalue weighted by Crippen LogP contribution is -2.26. The summed E-state index contributed by atoms with van der Waals surface area (Å²) in [7, 11) is 0. The smallest absolute Gasteiger partial charge is 0.137 e. The third-order valence-electron chi connectivity index (χ3n) is 1.66. The first-order valence-electron chi connectivity index (χ1n) is 4.07. The van der Waals surface area contributed by atoms with Gasteiger partial charge in [0.15, 0.2) is 0 Å². The van der Waals surface area contributed by atoms with E-state index in [9.17, 15) is 8.78 Å². The van der Waals surface area contributed by atoms with Crippen molar-refractivity contribution in [2.45, 2.75) is 13.1 Å². The molecule has 1 atom stereocenters. The average Bonchev–Trinajstić information content (AvgIpc) is 2.12. The zero-order chi connectivity index (χ0) is 10.6. The normalized spacial score (nSPS) is 13.4. The summed E-state index contributed by atoms with van der Waals surface area (Å²) in [6.45, 7) is 1.69. The Morgan fingerprint density at radius 2 is 1.93 bits per heavy atom. The van der Waals surface area contributed by atoms with Crippen molar-refractivity contribution in [3.8, 4) is 0 Å². The van der Waals surface area contributed by atoms with Gasteiger partial charge >= 0.3 is 0 Å². The van der Waals surface area contributed by atoms with Gasteiger partial charge in [-0.15, -0.1) is 0 Å². The van der Waals surface area contributed by atoms with Crippen LogP contribution in [0.3, 0.4) is 0 Å². The van der Waals surface area contributed by atoms with Gasteiger partial charge in [-0.3, -0.25) is 10.8 Å². The van der Waals surface area contributed by atoms with Crippen molar-refractivity contribution >= 4 is 6.21 Å². The lowest BCUT2D eigenvalue weighted by atomic mass is 10.1. The van der Waals surface area contributed by atoms with Crippen LogP contribution < -0.4 is 11.3 Å². The second kappa shape index (κ2) is 4.78. The van der Waals surface area contributed by atoms with Crippen molar-refractivity contribution in [3.63, 3.8) is 0 Å². The summed E-state index contributed by atoms with van der Waals surface area (Å²) >= 11 is 0. The van der Waals surface area contributed by atoms with E-state index in [2.05, 4.69) is 10.4 Å². The molecule has 0 spiro atoms. The first-order valence-corrected chi connectivity index (χ1v) is 4.07. The minimum absolute atomic E-state index is 0.350. The van der Waals surface area contributed by atoms with Crippen molar-refractivity contribution in [3.05, 3.63) is 35.4 Å². The molecule has 0 amide bonds. The predicted molar refractivity (Wildman–Crippen MR) is 50.6 cm³/mol. The van der Waals surface area contributed by atoms with E-state index in [1.165, 1.54) is 18.3 Å². The van der Waals surface area contributed by atoms with Crippen molar-refractivity contribution in [1.82, 2.24) is 5.43 Å². The molecule has 0 aliphatic carbocycles. The first kappa shape index (κ1) is 10.7. The molecule has 14 heavy (non-hydrogen) atoms. The number of aliphatic imine (C=N–C) groups is 1. The highest BCUT2D eigenvalue weighted by atomic mass is 19.1. The van der Waals surface area contributed by atoms with E-state index in [1.54, 1.807) is 6.92 Å². The zero-order valence-corrected chi connectivity index (χ0v) is 7.67. The molecule has 76 valence electrons. The molecule has 0 bridgehead atoms. The second-order valence-corrected chi connectivity index (χ2v) is 2.68. The van der Waals surface area contributed by atoms with E-state index in [0.29, 0.717) is 5.56 Å². The van der Waals surface area contributed by atoms with E-state index in [1.807, 2.05) is 0 Å². The molecular weight excluding hydrogens is 188 g/mol. The Balaban J connectivity index is 3.03. The molecule has 0 aliphatic rings. The Morgan fingerprint density at radius 3 is 2.36 bits per heavy atom. The molecule has 0 aliphatic heterocycles. The van der Waals surface area contributed by atoms with E-state index in [-0.39, 0.29) is 0 Å². The Labute approximate surface area is 80.6 Å². The molecule has 0 aromatic heterocycles. The number of hydrogen-bond acceptors (Lipinski definition) is 3. The highest BCUT2D eigenvalue weighted by molar-refractivity contribution is 5.53. The standard InChI is InChI=1S/C9H11F2N3/c1-2-13-9(14-12)6-3-7(10)5-8(11)4-6/h2-5,9,14H,12H2,1H3/b13-2+. The predicted octanol–water partition coefficient (Wildman–Crippen LogP) is 1.52. The van der Waals surface area contributed by atoms with Gasteiger partial charge in [-0.05, 0) is 30.8 Å². The summed E-state index contributed by atoms with van der Waals surface area (Å²) in [5.74, 6) is 3.89. The van der Waals surface area contributed by atoms with E-state index in [0.717, 1.165) is 6.07 Å². The van der Waals surface area contributed by atoms with Crippen molar-refractivity contribution in [2.24, 2.45) is 10.8 Å². The fraction of sp³-hybridized carbons (Fsp3) is 0.222. The maximum atomic E-state index is 12.8. The molecule has 0 saturated carbocycles. The summed E-state index contributed by atoms with van der Waals surface area (Å²) < 4.78 is 25.6. The summed E-state index contributed by atoms with van der Waals surface area (Å²) in [5, 5.41) is 0. The molecular formula is C9H11F2N3. The van der Waals surface area contributed by atoms with Crippen LogP contribution in [0.5, 0.6) is 0 Å². The molecule has 1 aromatic rings. The summed E-state index contributed by atoms with van der Waals surface area (Å²) in [4.78, 5) is 3.90. The maximum absolute atomic E-state index is 12.8. The van der Waals surface area contributed by atoms with Crippen LogP contribution in [-0.4, -0.2) is 6.21 Å². The van der Waals surface area contributed by atoms with Gasteiger partial charge in [-0.2, -0.15) is 0 Å². The van der Waals surface area contributed by atoms with Crippen LogP contribution >= 0.6 is 0 Å².